The van der Waals surface area contributed by atoms with E-state index < -0.39 is 21.3 Å². The third kappa shape index (κ3) is 4.69. The minimum Gasteiger partial charge on any atom is -0.492 e. The number of hydrogen-bond acceptors (Lipinski definition) is 5. The largest absolute Gasteiger partial charge is 0.492 e. The Bertz CT molecular complexity index is 1260. The van der Waals surface area contributed by atoms with Crippen LogP contribution in [0.25, 0.3) is 0 Å². The number of carbonyl (C=O) groups is 1. The molecule has 1 aromatic heterocycles. The second-order valence-electron chi connectivity index (χ2n) is 6.98. The molecule has 0 aliphatic rings. The van der Waals surface area contributed by atoms with Gasteiger partial charge in [0.1, 0.15) is 17.2 Å². The van der Waals surface area contributed by atoms with E-state index in [-0.39, 0.29) is 16.3 Å². The number of anilines is 1. The maximum Gasteiger partial charge on any atom is 0.270 e. The third-order valence-electron chi connectivity index (χ3n) is 4.73. The number of hydrogen-bond donors (Lipinski definition) is 1. The molecule has 162 valence electrons. The summed E-state index contributed by atoms with van der Waals surface area (Å²) in [5.74, 6) is 0.0444. The molecule has 0 atom stereocenters. The molecule has 3 aromatic rings. The van der Waals surface area contributed by atoms with Crippen LogP contribution in [0.15, 0.2) is 75.2 Å². The monoisotopic (exact) mass is 440 g/mol. The zero-order chi connectivity index (χ0) is 22.6. The number of benzene rings is 2. The van der Waals surface area contributed by atoms with Gasteiger partial charge in [0, 0.05) is 5.69 Å². The molecule has 0 aliphatic heterocycles. The fourth-order valence-electron chi connectivity index (χ4n) is 3.33. The summed E-state index contributed by atoms with van der Waals surface area (Å²) in [4.78, 5) is 25.6. The van der Waals surface area contributed by atoms with Crippen molar-refractivity contribution in [2.75, 3.05) is 11.9 Å². The first kappa shape index (κ1) is 22.3. The molecule has 0 radical (unpaired) electrons. The van der Waals surface area contributed by atoms with Crippen LogP contribution in [0, 0.1) is 13.8 Å². The second kappa shape index (κ2) is 9.18. The third-order valence-corrected chi connectivity index (χ3v) is 6.66. The standard InChI is InChI=1S/C23H24N2O5S/c1-4-30-20-13-9-8-12-19(20)24-21(26)15-25-17(3)14-16(2)22(23(25)27)31(28,29)18-10-6-5-7-11-18/h5-14H,4,15H2,1-3H3,(H,24,26). The molecule has 0 fully saturated rings. The van der Waals surface area contributed by atoms with Gasteiger partial charge in [-0.25, -0.2) is 8.42 Å². The Morgan fingerprint density at radius 3 is 2.35 bits per heavy atom. The smallest absolute Gasteiger partial charge is 0.270 e. The number of pyridine rings is 1. The zero-order valence-corrected chi connectivity index (χ0v) is 18.4. The van der Waals surface area contributed by atoms with Gasteiger partial charge in [-0.15, -0.1) is 0 Å². The highest BCUT2D eigenvalue weighted by Crippen LogP contribution is 2.24. The lowest BCUT2D eigenvalue weighted by Gasteiger charge is -2.16. The first-order valence-electron chi connectivity index (χ1n) is 9.78. The molecular formula is C23H24N2O5S. The SMILES string of the molecule is CCOc1ccccc1NC(=O)Cn1c(C)cc(C)c(S(=O)(=O)c2ccccc2)c1=O. The van der Waals surface area contributed by atoms with Crippen molar-refractivity contribution in [3.8, 4) is 5.75 Å². The molecule has 1 amide bonds. The summed E-state index contributed by atoms with van der Waals surface area (Å²) in [6.07, 6.45) is 0. The number of rotatable bonds is 7. The van der Waals surface area contributed by atoms with Gasteiger partial charge < -0.3 is 14.6 Å². The van der Waals surface area contributed by atoms with E-state index in [2.05, 4.69) is 5.32 Å². The molecule has 7 nitrogen and oxygen atoms in total. The summed E-state index contributed by atoms with van der Waals surface area (Å²) in [6, 6.07) is 16.3. The van der Waals surface area contributed by atoms with Crippen LogP contribution >= 0.6 is 0 Å². The maximum atomic E-state index is 13.2. The topological polar surface area (TPSA) is 94.5 Å². The Labute approximate surface area is 181 Å². The van der Waals surface area contributed by atoms with Crippen molar-refractivity contribution >= 4 is 21.4 Å². The number of nitrogens with zero attached hydrogens (tertiary/aromatic N) is 1. The van der Waals surface area contributed by atoms with E-state index in [0.29, 0.717) is 29.3 Å². The number of aromatic nitrogens is 1. The number of carbonyl (C=O) groups excluding carboxylic acids is 1. The van der Waals surface area contributed by atoms with Gasteiger partial charge in [-0.1, -0.05) is 30.3 Å². The highest BCUT2D eigenvalue weighted by molar-refractivity contribution is 7.91. The Morgan fingerprint density at radius 2 is 1.68 bits per heavy atom. The molecule has 0 aliphatic carbocycles. The van der Waals surface area contributed by atoms with E-state index in [9.17, 15) is 18.0 Å². The predicted molar refractivity (Wildman–Crippen MR) is 118 cm³/mol. The van der Waals surface area contributed by atoms with Gasteiger partial charge in [0.15, 0.2) is 0 Å². The van der Waals surface area contributed by atoms with Crippen LogP contribution in [0.1, 0.15) is 18.2 Å². The van der Waals surface area contributed by atoms with Crippen molar-refractivity contribution in [1.29, 1.82) is 0 Å². The minimum atomic E-state index is -4.03. The Balaban J connectivity index is 1.97. The molecule has 0 saturated carbocycles. The molecular weight excluding hydrogens is 416 g/mol. The lowest BCUT2D eigenvalue weighted by molar-refractivity contribution is -0.116. The molecule has 2 aromatic carbocycles. The van der Waals surface area contributed by atoms with Gasteiger partial charge >= 0.3 is 0 Å². The number of ether oxygens (including phenoxy) is 1. The van der Waals surface area contributed by atoms with Crippen LogP contribution in [0.5, 0.6) is 5.75 Å². The Morgan fingerprint density at radius 1 is 1.03 bits per heavy atom. The molecule has 1 N–H and O–H groups in total. The molecule has 0 unspecified atom stereocenters. The Hall–Kier alpha value is -3.39. The van der Waals surface area contributed by atoms with E-state index >= 15 is 0 Å². The number of sulfone groups is 1. The second-order valence-corrected chi connectivity index (χ2v) is 8.87. The van der Waals surface area contributed by atoms with Crippen LogP contribution < -0.4 is 15.6 Å². The minimum absolute atomic E-state index is 0.0284. The van der Waals surface area contributed by atoms with Crippen LogP contribution in [0.4, 0.5) is 5.69 Å². The number of aryl methyl sites for hydroxylation is 2. The van der Waals surface area contributed by atoms with E-state index in [1.807, 2.05) is 6.92 Å². The van der Waals surface area contributed by atoms with E-state index in [1.54, 1.807) is 62.4 Å². The van der Waals surface area contributed by atoms with Crippen molar-refractivity contribution < 1.29 is 17.9 Å². The van der Waals surface area contributed by atoms with Crippen molar-refractivity contribution in [2.45, 2.75) is 37.1 Å². The summed E-state index contributed by atoms with van der Waals surface area (Å²) in [5, 5.41) is 2.73. The fraction of sp³-hybridized carbons (Fsp3) is 0.217. The first-order valence-corrected chi connectivity index (χ1v) is 11.3. The van der Waals surface area contributed by atoms with Crippen LogP contribution in [-0.2, 0) is 21.2 Å². The first-order chi connectivity index (χ1) is 14.8. The van der Waals surface area contributed by atoms with Gasteiger partial charge in [0.2, 0.25) is 15.7 Å². The van der Waals surface area contributed by atoms with E-state index in [4.69, 9.17) is 4.74 Å². The van der Waals surface area contributed by atoms with Gasteiger partial charge in [0.05, 0.1) is 17.2 Å². The highest BCUT2D eigenvalue weighted by Gasteiger charge is 2.26. The normalized spacial score (nSPS) is 11.2. The molecule has 1 heterocycles. The summed E-state index contributed by atoms with van der Waals surface area (Å²) < 4.78 is 32.9. The van der Waals surface area contributed by atoms with Gasteiger partial charge in [-0.05, 0) is 56.7 Å². The average molecular weight is 441 g/mol. The van der Waals surface area contributed by atoms with Crippen LogP contribution in [0.3, 0.4) is 0 Å². The van der Waals surface area contributed by atoms with Gasteiger partial charge in [-0.2, -0.15) is 0 Å². The molecule has 0 bridgehead atoms. The Kier molecular flexibility index (Phi) is 6.60. The summed E-state index contributed by atoms with van der Waals surface area (Å²) >= 11 is 0. The number of amides is 1. The number of para-hydroxylation sites is 2. The van der Waals surface area contributed by atoms with E-state index in [1.165, 1.54) is 16.7 Å². The quantitative estimate of drug-likeness (QED) is 0.608. The summed E-state index contributed by atoms with van der Waals surface area (Å²) in [6.45, 7) is 5.18. The molecule has 3 rings (SSSR count). The van der Waals surface area contributed by atoms with Crippen molar-refractivity contribution in [3.63, 3.8) is 0 Å². The predicted octanol–water partition coefficient (Wildman–Crippen LogP) is 3.34. The molecule has 0 spiro atoms. The average Bonchev–Trinajstić information content (AvgIpc) is 2.73. The van der Waals surface area contributed by atoms with E-state index in [0.717, 1.165) is 0 Å². The van der Waals surface area contributed by atoms with Crippen molar-refractivity contribution in [1.82, 2.24) is 4.57 Å². The maximum absolute atomic E-state index is 13.2. The summed E-state index contributed by atoms with van der Waals surface area (Å²) in [5.41, 5.74) is 0.575. The lowest BCUT2D eigenvalue weighted by atomic mass is 10.2. The number of nitrogens with one attached hydrogen (secondary N) is 1. The van der Waals surface area contributed by atoms with Gasteiger partial charge in [0.25, 0.3) is 5.56 Å². The van der Waals surface area contributed by atoms with Crippen LogP contribution in [-0.4, -0.2) is 25.5 Å². The molecule has 31 heavy (non-hydrogen) atoms. The lowest BCUT2D eigenvalue weighted by Crippen LogP contribution is -2.33. The summed E-state index contributed by atoms with van der Waals surface area (Å²) in [7, 11) is -4.03. The fourth-order valence-corrected chi connectivity index (χ4v) is 4.91. The highest BCUT2D eigenvalue weighted by atomic mass is 32.2. The van der Waals surface area contributed by atoms with Gasteiger partial charge in [-0.3, -0.25) is 9.59 Å². The molecule has 8 heteroatoms. The van der Waals surface area contributed by atoms with Crippen molar-refractivity contribution in [3.05, 3.63) is 82.3 Å². The van der Waals surface area contributed by atoms with Crippen molar-refractivity contribution in [2.24, 2.45) is 0 Å². The van der Waals surface area contributed by atoms with Crippen LogP contribution in [0.2, 0.25) is 0 Å². The zero-order valence-electron chi connectivity index (χ0n) is 17.6. The molecule has 0 saturated heterocycles.